The summed E-state index contributed by atoms with van der Waals surface area (Å²) in [5.41, 5.74) is 5.08. The Morgan fingerprint density at radius 2 is 2.04 bits per heavy atom. The summed E-state index contributed by atoms with van der Waals surface area (Å²) in [4.78, 5) is 13.4. The Hall–Kier alpha value is -1.92. The standard InChI is InChI=1S/C18H20N2O2S2/c1-10-6-4-8-13(11(10)2)19-18(23)20-16-15(17(21)22-3)12-7-5-9-14(12)24-16/h4,6,8H,5,7,9H2,1-3H3,(H2,19,20,23). The van der Waals surface area contributed by atoms with E-state index in [1.165, 1.54) is 17.6 Å². The molecule has 4 nitrogen and oxygen atoms in total. The number of anilines is 2. The van der Waals surface area contributed by atoms with Crippen LogP contribution in [0.5, 0.6) is 0 Å². The van der Waals surface area contributed by atoms with E-state index < -0.39 is 0 Å². The Morgan fingerprint density at radius 1 is 1.25 bits per heavy atom. The number of esters is 1. The van der Waals surface area contributed by atoms with Crippen LogP contribution in [-0.2, 0) is 17.6 Å². The lowest BCUT2D eigenvalue weighted by Gasteiger charge is -2.14. The maximum Gasteiger partial charge on any atom is 0.341 e. The number of hydrogen-bond donors (Lipinski definition) is 2. The van der Waals surface area contributed by atoms with E-state index in [9.17, 15) is 4.79 Å². The molecule has 0 fully saturated rings. The van der Waals surface area contributed by atoms with E-state index in [2.05, 4.69) is 30.5 Å². The number of carbonyl (C=O) groups is 1. The van der Waals surface area contributed by atoms with Crippen LogP contribution < -0.4 is 10.6 Å². The minimum absolute atomic E-state index is 0.300. The first-order chi connectivity index (χ1) is 11.5. The second-order valence-corrected chi connectivity index (χ2v) is 7.39. The first-order valence-corrected chi connectivity index (χ1v) is 9.10. The van der Waals surface area contributed by atoms with E-state index in [0.717, 1.165) is 41.1 Å². The van der Waals surface area contributed by atoms with Gasteiger partial charge in [-0.25, -0.2) is 4.79 Å². The van der Waals surface area contributed by atoms with Crippen molar-refractivity contribution < 1.29 is 9.53 Å². The third kappa shape index (κ3) is 3.16. The van der Waals surface area contributed by atoms with E-state index in [1.54, 1.807) is 11.3 Å². The number of rotatable bonds is 3. The van der Waals surface area contributed by atoms with E-state index in [-0.39, 0.29) is 5.97 Å². The number of methoxy groups -OCH3 is 1. The molecule has 0 unspecified atom stereocenters. The number of thiocarbonyl (C=S) groups is 1. The summed E-state index contributed by atoms with van der Waals surface area (Å²) in [6.45, 7) is 4.12. The number of hydrogen-bond acceptors (Lipinski definition) is 4. The van der Waals surface area contributed by atoms with Crippen molar-refractivity contribution in [1.29, 1.82) is 0 Å². The highest BCUT2D eigenvalue weighted by Gasteiger charge is 2.27. The maximum atomic E-state index is 12.2. The van der Waals surface area contributed by atoms with Gasteiger partial charge in [-0.15, -0.1) is 11.3 Å². The number of benzene rings is 1. The Morgan fingerprint density at radius 3 is 2.79 bits per heavy atom. The zero-order valence-corrected chi connectivity index (χ0v) is 15.6. The minimum atomic E-state index is -0.300. The van der Waals surface area contributed by atoms with Gasteiger partial charge in [-0.1, -0.05) is 12.1 Å². The van der Waals surface area contributed by atoms with Crippen molar-refractivity contribution in [3.63, 3.8) is 0 Å². The van der Waals surface area contributed by atoms with Gasteiger partial charge in [-0.05, 0) is 68.1 Å². The fourth-order valence-electron chi connectivity index (χ4n) is 2.95. The molecule has 0 aliphatic heterocycles. The van der Waals surface area contributed by atoms with E-state index in [4.69, 9.17) is 17.0 Å². The molecule has 0 spiro atoms. The molecule has 1 aromatic carbocycles. The molecule has 0 bridgehead atoms. The summed E-state index contributed by atoms with van der Waals surface area (Å²) in [6, 6.07) is 6.05. The van der Waals surface area contributed by atoms with E-state index >= 15 is 0 Å². The van der Waals surface area contributed by atoms with E-state index in [0.29, 0.717) is 10.7 Å². The van der Waals surface area contributed by atoms with Gasteiger partial charge in [0.05, 0.1) is 12.7 Å². The van der Waals surface area contributed by atoms with Gasteiger partial charge in [0, 0.05) is 10.6 Å². The van der Waals surface area contributed by atoms with Crippen LogP contribution in [0.4, 0.5) is 10.7 Å². The number of aryl methyl sites for hydroxylation is 2. The predicted octanol–water partition coefficient (Wildman–Crippen LogP) is 4.45. The van der Waals surface area contributed by atoms with Gasteiger partial charge in [0.15, 0.2) is 5.11 Å². The second kappa shape index (κ2) is 6.91. The Labute approximate surface area is 151 Å². The van der Waals surface area contributed by atoms with Crippen LogP contribution in [0.3, 0.4) is 0 Å². The molecule has 0 saturated heterocycles. The van der Waals surface area contributed by atoms with Crippen LogP contribution in [0, 0.1) is 13.8 Å². The highest BCUT2D eigenvalue weighted by molar-refractivity contribution is 7.80. The lowest BCUT2D eigenvalue weighted by molar-refractivity contribution is 0.0601. The van der Waals surface area contributed by atoms with Crippen LogP contribution in [0.2, 0.25) is 0 Å². The average Bonchev–Trinajstić information content (AvgIpc) is 3.11. The summed E-state index contributed by atoms with van der Waals surface area (Å²) < 4.78 is 4.96. The van der Waals surface area contributed by atoms with Crippen molar-refractivity contribution in [2.45, 2.75) is 33.1 Å². The number of thiophene rings is 1. The minimum Gasteiger partial charge on any atom is -0.465 e. The number of carbonyl (C=O) groups excluding carboxylic acids is 1. The number of fused-ring (bicyclic) bond motifs is 1. The normalized spacial score (nSPS) is 12.6. The largest absolute Gasteiger partial charge is 0.465 e. The molecule has 126 valence electrons. The quantitative estimate of drug-likeness (QED) is 0.626. The van der Waals surface area contributed by atoms with Crippen molar-refractivity contribution >= 4 is 45.3 Å². The molecule has 0 radical (unpaired) electrons. The van der Waals surface area contributed by atoms with Gasteiger partial charge in [-0.3, -0.25) is 0 Å². The highest BCUT2D eigenvalue weighted by atomic mass is 32.1. The Balaban J connectivity index is 1.82. The van der Waals surface area contributed by atoms with Gasteiger partial charge in [0.2, 0.25) is 0 Å². The molecule has 0 atom stereocenters. The lowest BCUT2D eigenvalue weighted by Crippen LogP contribution is -2.21. The molecular weight excluding hydrogens is 340 g/mol. The fraction of sp³-hybridized carbons (Fsp3) is 0.333. The van der Waals surface area contributed by atoms with Gasteiger partial charge in [-0.2, -0.15) is 0 Å². The molecule has 0 amide bonds. The molecule has 2 N–H and O–H groups in total. The molecule has 3 rings (SSSR count). The first-order valence-electron chi connectivity index (χ1n) is 7.88. The lowest BCUT2D eigenvalue weighted by atomic mass is 10.1. The van der Waals surface area contributed by atoms with Gasteiger partial charge < -0.3 is 15.4 Å². The molecule has 1 aromatic heterocycles. The summed E-state index contributed by atoms with van der Waals surface area (Å²) in [5, 5.41) is 7.66. The topological polar surface area (TPSA) is 50.4 Å². The smallest absolute Gasteiger partial charge is 0.341 e. The van der Waals surface area contributed by atoms with Crippen molar-refractivity contribution in [3.05, 3.63) is 45.3 Å². The molecule has 2 aromatic rings. The molecule has 1 aliphatic rings. The molecule has 24 heavy (non-hydrogen) atoms. The highest BCUT2D eigenvalue weighted by Crippen LogP contribution is 2.39. The van der Waals surface area contributed by atoms with Crippen LogP contribution in [0.1, 0.15) is 38.3 Å². The SMILES string of the molecule is COC(=O)c1c(NC(=S)Nc2cccc(C)c2C)sc2c1CCC2. The first kappa shape index (κ1) is 16.9. The van der Waals surface area contributed by atoms with E-state index in [1.807, 2.05) is 12.1 Å². The predicted molar refractivity (Wildman–Crippen MR) is 103 cm³/mol. The number of ether oxygens (including phenoxy) is 1. The zero-order chi connectivity index (χ0) is 17.3. The van der Waals surface area contributed by atoms with Crippen LogP contribution in [0.15, 0.2) is 18.2 Å². The zero-order valence-electron chi connectivity index (χ0n) is 14.0. The summed E-state index contributed by atoms with van der Waals surface area (Å²) in [6.07, 6.45) is 3.04. The van der Waals surface area contributed by atoms with Gasteiger partial charge in [0.25, 0.3) is 0 Å². The van der Waals surface area contributed by atoms with Crippen LogP contribution >= 0.6 is 23.6 Å². The average molecular weight is 361 g/mol. The fourth-order valence-corrected chi connectivity index (χ4v) is 4.51. The third-order valence-corrected chi connectivity index (χ3v) is 5.80. The maximum absolute atomic E-state index is 12.2. The molecule has 1 aliphatic carbocycles. The van der Waals surface area contributed by atoms with Crippen molar-refractivity contribution in [2.24, 2.45) is 0 Å². The van der Waals surface area contributed by atoms with Crippen molar-refractivity contribution in [3.8, 4) is 0 Å². The van der Waals surface area contributed by atoms with Gasteiger partial charge >= 0.3 is 5.97 Å². The van der Waals surface area contributed by atoms with Crippen molar-refractivity contribution in [2.75, 3.05) is 17.7 Å². The monoisotopic (exact) mass is 360 g/mol. The Bertz CT molecular complexity index is 812. The molecule has 0 saturated carbocycles. The van der Waals surface area contributed by atoms with Gasteiger partial charge in [0.1, 0.15) is 5.00 Å². The number of nitrogens with one attached hydrogen (secondary N) is 2. The molecule has 1 heterocycles. The van der Waals surface area contributed by atoms with Crippen molar-refractivity contribution in [1.82, 2.24) is 0 Å². The summed E-state index contributed by atoms with van der Waals surface area (Å²) in [7, 11) is 1.41. The molecular formula is C18H20N2O2S2. The Kier molecular flexibility index (Phi) is 4.87. The van der Waals surface area contributed by atoms with Crippen LogP contribution in [0.25, 0.3) is 0 Å². The second-order valence-electron chi connectivity index (χ2n) is 5.88. The van der Waals surface area contributed by atoms with Crippen LogP contribution in [-0.4, -0.2) is 18.2 Å². The summed E-state index contributed by atoms with van der Waals surface area (Å²) in [5.74, 6) is -0.300. The summed E-state index contributed by atoms with van der Waals surface area (Å²) >= 11 is 7.04. The molecule has 6 heteroatoms. The third-order valence-electron chi connectivity index (χ3n) is 4.39.